The molecular formula is C105H153NO35. The lowest BCUT2D eigenvalue weighted by atomic mass is 9.74. The molecule has 788 valence electrons. The number of nitriles is 1. The van der Waals surface area contributed by atoms with Gasteiger partial charge in [0.1, 0.15) is 73.2 Å². The lowest BCUT2D eigenvalue weighted by Crippen LogP contribution is -2.45. The van der Waals surface area contributed by atoms with Gasteiger partial charge in [0.2, 0.25) is 6.10 Å². The van der Waals surface area contributed by atoms with E-state index in [2.05, 4.69) is 13.0 Å². The maximum atomic E-state index is 12.4. The number of ether oxygens (including phenoxy) is 18. The number of nitrogens with zero attached hydrogens (tertiary/aromatic N) is 1. The molecule has 0 spiro atoms. The summed E-state index contributed by atoms with van der Waals surface area (Å²) in [5.41, 5.74) is -5.72. The maximum absolute atomic E-state index is 12.4. The molecule has 36 heteroatoms. The van der Waals surface area contributed by atoms with Crippen LogP contribution >= 0.6 is 0 Å². The fourth-order valence-corrected chi connectivity index (χ4v) is 21.4. The van der Waals surface area contributed by atoms with Gasteiger partial charge in [0.05, 0.1) is 118 Å². The molecule has 0 radical (unpaired) electrons. The molecule has 0 aromatic heterocycles. The molecule has 36 nitrogen and oxygen atoms in total. The van der Waals surface area contributed by atoms with Crippen molar-refractivity contribution in [1.29, 1.82) is 5.26 Å². The van der Waals surface area contributed by atoms with E-state index in [1.807, 2.05) is 152 Å². The molecule has 0 aromatic rings. The third kappa shape index (κ3) is 22.6. The summed E-state index contributed by atoms with van der Waals surface area (Å²) >= 11 is 0. The number of fused-ring (bicyclic) bond motifs is 5. The Kier molecular flexibility index (Phi) is 33.8. The molecule has 18 aliphatic rings. The minimum Gasteiger partial charge on any atom is -0.469 e. The molecule has 18 rings (SSSR count). The number of carbonyl (C=O) groups is 17. The summed E-state index contributed by atoms with van der Waals surface area (Å²) in [6.07, 6.45) is 7.58. The van der Waals surface area contributed by atoms with E-state index in [-0.39, 0.29) is 205 Å². The molecule has 30 unspecified atom stereocenters. The Morgan fingerprint density at radius 2 is 0.837 bits per heavy atom. The Balaban J connectivity index is 0.000000155. The first kappa shape index (κ1) is 112. The normalized spacial score (nSPS) is 35.6. The van der Waals surface area contributed by atoms with Gasteiger partial charge in [-0.1, -0.05) is 62.3 Å². The van der Waals surface area contributed by atoms with Gasteiger partial charge >= 0.3 is 101 Å². The number of hydrogen-bond donors (Lipinski definition) is 0. The minimum atomic E-state index is -0.974. The number of hydrogen-bond acceptors (Lipinski definition) is 36. The van der Waals surface area contributed by atoms with Gasteiger partial charge in [0.15, 0.2) is 17.6 Å². The molecule has 0 amide bonds. The number of methoxy groups -OCH3 is 1. The van der Waals surface area contributed by atoms with Gasteiger partial charge in [-0.05, 0) is 220 Å². The van der Waals surface area contributed by atoms with Gasteiger partial charge in [-0.3, -0.25) is 76.7 Å². The molecule has 10 saturated heterocycles. The molecule has 10 aliphatic heterocycles. The first-order valence-electron chi connectivity index (χ1n) is 51.0. The van der Waals surface area contributed by atoms with Crippen LogP contribution in [0.25, 0.3) is 0 Å². The van der Waals surface area contributed by atoms with Crippen LogP contribution in [0, 0.1) is 143 Å². The fourth-order valence-electron chi connectivity index (χ4n) is 21.4. The van der Waals surface area contributed by atoms with Crippen molar-refractivity contribution in [2.75, 3.05) is 26.9 Å². The van der Waals surface area contributed by atoms with Gasteiger partial charge in [0, 0.05) is 60.2 Å². The van der Waals surface area contributed by atoms with Crippen LogP contribution in [0.5, 0.6) is 0 Å². The lowest BCUT2D eigenvalue weighted by Gasteiger charge is -2.35. The van der Waals surface area contributed by atoms with E-state index in [1.54, 1.807) is 20.8 Å². The third-order valence-corrected chi connectivity index (χ3v) is 34.6. The molecule has 10 heterocycles. The van der Waals surface area contributed by atoms with Crippen molar-refractivity contribution in [3.63, 3.8) is 0 Å². The van der Waals surface area contributed by atoms with Crippen LogP contribution in [0.15, 0.2) is 0 Å². The van der Waals surface area contributed by atoms with Crippen LogP contribution in [-0.4, -0.2) is 219 Å². The molecule has 0 N–H and O–H groups in total. The smallest absolute Gasteiger partial charge is 0.347 e. The zero-order valence-electron chi connectivity index (χ0n) is 87.5. The predicted octanol–water partition coefficient (Wildman–Crippen LogP) is 12.9. The standard InChI is InChI=1S/C16H22O6.C15H19NO4.C15H22O4.C14H20O4.C13H18O5.C12H20O4.2C10H16O4/c1-5-16(2,3)15(19)22-12-7-6-8-10(9(7)13(17)20-4)14(18)21-11(8)12;1-4-14(2,3)12(17)19-10-8-5-9-11(10)20-13(18)15(9,6-8)7-16;1-5-15(3,4)14(17)19-11-8-6-9-10(7(8)2)13(16)18-12(9)11;1-4-14(2,3)13(16)18-10-7-5-8-9(6-7)12(15)17-11(8)10;1-4-13(2,3)12(15)18-9-7-5-6-8(16-7)10(9)17-11(6)14;1-5-11(2,3)10(14)16-12(4)6-7-15-9(13)8-12;1-4-10(2,3)9(12)14-7-5-8(11)13-6-7;1-4-10(2,3)9(12)14-7-5-6-13-8(7)11/h7-12H,5-6H2,1-4H3;8-11H,4-6H2,1-3H3;7-12H,5-6H2,1-4H3;7-11H,4-6H2,1-3H3;6-10H,4-5H2,1-3H3;5-8H2,1-4H3;2*7H,4-6H2,1-3H3. The number of rotatable bonds is 25. The third-order valence-electron chi connectivity index (χ3n) is 34.6. The SMILES string of the molecule is CCC(C)(C)C(=O)OC1(C)CCOC(=O)C1.CCC(C)(C)C(=O)OC1C2CC3C(=O)OC1C3C2.CCC(C)(C)C(=O)OC1C2CC3C(=O)OC1C3O2.CCC(C)(C)C(=O)OC1C2CC3C1OC(=O)C3(C#N)C2.CCC(C)(C)C(=O)OC1C2CC3C1OC(=O)C3C2C.CCC(C)(C)C(=O)OC1C2CC3C1OC(=O)C3C2C(=O)OC.CCC(C)(C)C(=O)OC1CCOC1=O.CCC(C)(C)C(=O)OC1COC(=O)C1. The fraction of sp³-hybridized carbons (Fsp3) is 0.829. The van der Waals surface area contributed by atoms with E-state index in [0.717, 1.165) is 38.5 Å². The predicted molar refractivity (Wildman–Crippen MR) is 493 cm³/mol. The van der Waals surface area contributed by atoms with E-state index in [9.17, 15) is 86.8 Å². The Labute approximate surface area is 827 Å². The molecule has 10 bridgehead atoms. The summed E-state index contributed by atoms with van der Waals surface area (Å²) < 4.78 is 95.5. The van der Waals surface area contributed by atoms with E-state index in [4.69, 9.17) is 85.3 Å². The van der Waals surface area contributed by atoms with Crippen molar-refractivity contribution in [3.8, 4) is 6.07 Å². The second kappa shape index (κ2) is 42.6. The van der Waals surface area contributed by atoms with Crippen molar-refractivity contribution in [2.24, 2.45) is 132 Å². The van der Waals surface area contributed by atoms with Crippen molar-refractivity contribution < 1.29 is 167 Å². The zero-order chi connectivity index (χ0) is 105. The molecular weight excluding hydrogens is 1840 g/mol. The highest BCUT2D eigenvalue weighted by Gasteiger charge is 2.74. The summed E-state index contributed by atoms with van der Waals surface area (Å²) in [5, 5.41) is 9.31. The Morgan fingerprint density at radius 3 is 1.31 bits per heavy atom. The van der Waals surface area contributed by atoms with Gasteiger partial charge in [0.25, 0.3) is 0 Å². The Morgan fingerprint density at radius 1 is 0.404 bits per heavy atom. The molecule has 0 aromatic carbocycles. The van der Waals surface area contributed by atoms with E-state index in [0.29, 0.717) is 102 Å². The van der Waals surface area contributed by atoms with Crippen molar-refractivity contribution >= 4 is 101 Å². The van der Waals surface area contributed by atoms with Crippen LogP contribution in [0.1, 0.15) is 302 Å². The average molecular weight is 1990 g/mol. The van der Waals surface area contributed by atoms with Crippen LogP contribution in [0.4, 0.5) is 0 Å². The first-order chi connectivity index (χ1) is 65.6. The van der Waals surface area contributed by atoms with E-state index >= 15 is 0 Å². The quantitative estimate of drug-likeness (QED) is 0.0605. The van der Waals surface area contributed by atoms with Gasteiger partial charge in [-0.15, -0.1) is 0 Å². The topological polar surface area (TPSA) is 480 Å². The average Bonchev–Trinajstić information content (AvgIpc) is 1.54. The Hall–Kier alpha value is -9.56. The van der Waals surface area contributed by atoms with E-state index in [1.165, 1.54) is 7.11 Å². The number of esters is 17. The van der Waals surface area contributed by atoms with Gasteiger partial charge in [-0.2, -0.15) is 5.26 Å². The van der Waals surface area contributed by atoms with Crippen molar-refractivity contribution in [3.05, 3.63) is 0 Å². The highest BCUT2D eigenvalue weighted by molar-refractivity contribution is 5.89. The summed E-state index contributed by atoms with van der Waals surface area (Å²) in [5.74, 6) is -4.34. The summed E-state index contributed by atoms with van der Waals surface area (Å²) in [6.45, 7) is 49.9. The van der Waals surface area contributed by atoms with Crippen LogP contribution < -0.4 is 0 Å². The Bertz CT molecular complexity index is 4720. The van der Waals surface area contributed by atoms with Crippen LogP contribution in [-0.2, 0) is 167 Å². The highest BCUT2D eigenvalue weighted by atomic mass is 16.7. The number of carbonyl (C=O) groups excluding carboxylic acids is 17. The summed E-state index contributed by atoms with van der Waals surface area (Å²) in [7, 11) is 1.31. The second-order valence-electron chi connectivity index (χ2n) is 46.9. The lowest BCUT2D eigenvalue weighted by molar-refractivity contribution is -0.182. The summed E-state index contributed by atoms with van der Waals surface area (Å²) in [4.78, 5) is 200. The monoisotopic (exact) mass is 1990 g/mol. The van der Waals surface area contributed by atoms with Crippen molar-refractivity contribution in [2.45, 2.75) is 393 Å². The molecule has 30 atom stereocenters. The number of cyclic esters (lactones) is 3. The minimum absolute atomic E-state index is 0.0378. The van der Waals surface area contributed by atoms with Gasteiger partial charge < -0.3 is 85.3 Å². The summed E-state index contributed by atoms with van der Waals surface area (Å²) in [6, 6.07) is 2.15. The van der Waals surface area contributed by atoms with Crippen LogP contribution in [0.3, 0.4) is 0 Å². The molecule has 8 saturated carbocycles. The second-order valence-corrected chi connectivity index (χ2v) is 46.9. The molecule has 141 heavy (non-hydrogen) atoms. The van der Waals surface area contributed by atoms with Crippen LogP contribution in [0.2, 0.25) is 0 Å². The highest BCUT2D eigenvalue weighted by Crippen LogP contribution is 2.64. The maximum Gasteiger partial charge on any atom is 0.347 e. The zero-order valence-corrected chi connectivity index (χ0v) is 87.5. The van der Waals surface area contributed by atoms with Crippen molar-refractivity contribution in [1.82, 2.24) is 0 Å². The molecule has 8 aliphatic carbocycles. The largest absolute Gasteiger partial charge is 0.469 e. The van der Waals surface area contributed by atoms with Gasteiger partial charge in [-0.25, -0.2) is 4.79 Å². The molecule has 18 fully saturated rings. The van der Waals surface area contributed by atoms with E-state index < -0.39 is 121 Å². The first-order valence-corrected chi connectivity index (χ1v) is 51.0.